The van der Waals surface area contributed by atoms with Crippen molar-refractivity contribution >= 4 is 11.9 Å². The van der Waals surface area contributed by atoms with Gasteiger partial charge in [-0.15, -0.1) is 0 Å². The highest BCUT2D eigenvalue weighted by molar-refractivity contribution is 5.82. The first kappa shape index (κ1) is 15.0. The van der Waals surface area contributed by atoms with E-state index in [9.17, 15) is 9.59 Å². The molecule has 1 rings (SSSR count). The maximum absolute atomic E-state index is 12.2. The lowest BCUT2D eigenvalue weighted by molar-refractivity contribution is -0.138. The van der Waals surface area contributed by atoms with E-state index >= 15 is 0 Å². The summed E-state index contributed by atoms with van der Waals surface area (Å²) in [6.45, 7) is 6.72. The van der Waals surface area contributed by atoms with Crippen LogP contribution in [0.2, 0.25) is 0 Å². The van der Waals surface area contributed by atoms with Gasteiger partial charge in [0.15, 0.2) is 0 Å². The van der Waals surface area contributed by atoms with Crippen molar-refractivity contribution in [1.29, 1.82) is 0 Å². The third-order valence-electron chi connectivity index (χ3n) is 3.27. The quantitative estimate of drug-likeness (QED) is 0.798. The van der Waals surface area contributed by atoms with Crippen LogP contribution in [0.3, 0.4) is 0 Å². The van der Waals surface area contributed by atoms with Crippen molar-refractivity contribution in [1.82, 2.24) is 9.80 Å². The molecule has 1 amide bonds. The van der Waals surface area contributed by atoms with Gasteiger partial charge in [-0.05, 0) is 18.8 Å². The minimum Gasteiger partial charge on any atom is -0.481 e. The molecule has 18 heavy (non-hydrogen) atoms. The highest BCUT2D eigenvalue weighted by atomic mass is 16.4. The summed E-state index contributed by atoms with van der Waals surface area (Å²) >= 11 is 0. The second-order valence-corrected chi connectivity index (χ2v) is 5.45. The van der Waals surface area contributed by atoms with Gasteiger partial charge in [0.2, 0.25) is 5.91 Å². The summed E-state index contributed by atoms with van der Waals surface area (Å²) in [7, 11) is 1.80. The minimum atomic E-state index is -0.834. The fourth-order valence-corrected chi connectivity index (χ4v) is 2.44. The summed E-state index contributed by atoms with van der Waals surface area (Å²) in [4.78, 5) is 26.8. The molecule has 0 saturated carbocycles. The summed E-state index contributed by atoms with van der Waals surface area (Å²) in [5.41, 5.74) is 0. The van der Waals surface area contributed by atoms with E-state index in [2.05, 4.69) is 18.7 Å². The Balaban J connectivity index is 2.75. The standard InChI is InChI=1S/C13H24N2O3/c1-10(2)9-15-8-4-7-14(3)13(18)11(15)5-6-12(16)17/h10-11H,4-9H2,1-3H3,(H,16,17). The van der Waals surface area contributed by atoms with Crippen molar-refractivity contribution in [3.05, 3.63) is 0 Å². The maximum atomic E-state index is 12.2. The van der Waals surface area contributed by atoms with Crippen molar-refractivity contribution in [3.8, 4) is 0 Å². The molecule has 0 spiro atoms. The van der Waals surface area contributed by atoms with Crippen molar-refractivity contribution in [2.45, 2.75) is 39.2 Å². The zero-order chi connectivity index (χ0) is 13.7. The molecular weight excluding hydrogens is 232 g/mol. The number of rotatable bonds is 5. The number of carbonyl (C=O) groups is 2. The van der Waals surface area contributed by atoms with Crippen LogP contribution in [0, 0.1) is 5.92 Å². The van der Waals surface area contributed by atoms with Crippen LogP contribution in [0.1, 0.15) is 33.1 Å². The Hall–Kier alpha value is -1.10. The molecule has 1 saturated heterocycles. The Kier molecular flexibility index (Phi) is 5.59. The zero-order valence-corrected chi connectivity index (χ0v) is 11.6. The van der Waals surface area contributed by atoms with Crippen LogP contribution in [0.4, 0.5) is 0 Å². The molecule has 1 unspecified atom stereocenters. The number of hydrogen-bond acceptors (Lipinski definition) is 3. The van der Waals surface area contributed by atoms with Crippen molar-refractivity contribution in [2.24, 2.45) is 5.92 Å². The predicted octanol–water partition coefficient (Wildman–Crippen LogP) is 1.04. The van der Waals surface area contributed by atoms with Gasteiger partial charge in [0.1, 0.15) is 0 Å². The van der Waals surface area contributed by atoms with Gasteiger partial charge in [-0.3, -0.25) is 14.5 Å². The molecule has 5 heteroatoms. The van der Waals surface area contributed by atoms with E-state index in [4.69, 9.17) is 5.11 Å². The molecule has 0 aromatic rings. The maximum Gasteiger partial charge on any atom is 0.303 e. The Morgan fingerprint density at radius 1 is 1.44 bits per heavy atom. The fraction of sp³-hybridized carbons (Fsp3) is 0.846. The van der Waals surface area contributed by atoms with Crippen molar-refractivity contribution in [3.63, 3.8) is 0 Å². The monoisotopic (exact) mass is 256 g/mol. The number of aliphatic carboxylic acids is 1. The van der Waals surface area contributed by atoms with Gasteiger partial charge in [-0.2, -0.15) is 0 Å². The highest BCUT2D eigenvalue weighted by Crippen LogP contribution is 2.16. The predicted molar refractivity (Wildman–Crippen MR) is 69.3 cm³/mol. The molecule has 1 N–H and O–H groups in total. The van der Waals surface area contributed by atoms with Crippen LogP contribution in [-0.4, -0.2) is 59.5 Å². The largest absolute Gasteiger partial charge is 0.481 e. The van der Waals surface area contributed by atoms with Gasteiger partial charge < -0.3 is 10.0 Å². The van der Waals surface area contributed by atoms with Gasteiger partial charge in [-0.1, -0.05) is 13.8 Å². The summed E-state index contributed by atoms with van der Waals surface area (Å²) < 4.78 is 0. The summed E-state index contributed by atoms with van der Waals surface area (Å²) in [6, 6.07) is -0.268. The first-order chi connectivity index (χ1) is 8.41. The van der Waals surface area contributed by atoms with Crippen LogP contribution >= 0.6 is 0 Å². The Bertz CT molecular complexity index is 305. The van der Waals surface area contributed by atoms with Gasteiger partial charge >= 0.3 is 5.97 Å². The Morgan fingerprint density at radius 3 is 2.67 bits per heavy atom. The van der Waals surface area contributed by atoms with Crippen LogP contribution in [0.5, 0.6) is 0 Å². The summed E-state index contributed by atoms with van der Waals surface area (Å²) in [5.74, 6) is -0.290. The SMILES string of the molecule is CC(C)CN1CCCN(C)C(=O)C1CCC(=O)O. The average Bonchev–Trinajstić information content (AvgIpc) is 2.38. The highest BCUT2D eigenvalue weighted by Gasteiger charge is 2.31. The molecule has 104 valence electrons. The molecule has 5 nitrogen and oxygen atoms in total. The molecule has 0 aromatic heterocycles. The fourth-order valence-electron chi connectivity index (χ4n) is 2.44. The van der Waals surface area contributed by atoms with E-state index in [1.54, 1.807) is 11.9 Å². The lowest BCUT2D eigenvalue weighted by Crippen LogP contribution is -2.46. The molecular formula is C13H24N2O3. The second-order valence-electron chi connectivity index (χ2n) is 5.45. The first-order valence-corrected chi connectivity index (χ1v) is 6.62. The van der Waals surface area contributed by atoms with Gasteiger partial charge in [-0.25, -0.2) is 0 Å². The number of likely N-dealkylation sites (N-methyl/N-ethyl adjacent to an activating group) is 1. The van der Waals surface area contributed by atoms with E-state index in [1.807, 2.05) is 0 Å². The number of carboxylic acids is 1. The molecule has 1 aliphatic heterocycles. The van der Waals surface area contributed by atoms with E-state index in [0.717, 1.165) is 26.1 Å². The van der Waals surface area contributed by atoms with Gasteiger partial charge in [0.05, 0.1) is 6.04 Å². The molecule has 1 atom stereocenters. The lowest BCUT2D eigenvalue weighted by Gasteiger charge is -2.30. The molecule has 0 radical (unpaired) electrons. The smallest absolute Gasteiger partial charge is 0.303 e. The third kappa shape index (κ3) is 4.29. The molecule has 1 heterocycles. The zero-order valence-electron chi connectivity index (χ0n) is 11.6. The van der Waals surface area contributed by atoms with E-state index < -0.39 is 5.97 Å². The number of carbonyl (C=O) groups excluding carboxylic acids is 1. The minimum absolute atomic E-state index is 0.0544. The normalized spacial score (nSPS) is 22.3. The number of nitrogens with zero attached hydrogens (tertiary/aromatic N) is 2. The van der Waals surface area contributed by atoms with Crippen molar-refractivity contribution < 1.29 is 14.7 Å². The Morgan fingerprint density at radius 2 is 2.11 bits per heavy atom. The molecule has 1 aliphatic rings. The van der Waals surface area contributed by atoms with Gasteiger partial charge in [0.25, 0.3) is 0 Å². The summed E-state index contributed by atoms with van der Waals surface area (Å²) in [5, 5.41) is 8.79. The molecule has 1 fully saturated rings. The molecule has 0 aliphatic carbocycles. The average molecular weight is 256 g/mol. The topological polar surface area (TPSA) is 60.9 Å². The van der Waals surface area contributed by atoms with Crippen LogP contribution in [0.15, 0.2) is 0 Å². The van der Waals surface area contributed by atoms with Crippen molar-refractivity contribution in [2.75, 3.05) is 26.7 Å². The van der Waals surface area contributed by atoms with Crippen LogP contribution in [0.25, 0.3) is 0 Å². The number of hydrogen-bond donors (Lipinski definition) is 1. The summed E-state index contributed by atoms with van der Waals surface area (Å²) in [6.07, 6.45) is 1.42. The van der Waals surface area contributed by atoms with E-state index in [0.29, 0.717) is 12.3 Å². The Labute approximate surface area is 109 Å². The van der Waals surface area contributed by atoms with Crippen LogP contribution in [-0.2, 0) is 9.59 Å². The third-order valence-corrected chi connectivity index (χ3v) is 3.27. The second kappa shape index (κ2) is 6.73. The van der Waals surface area contributed by atoms with E-state index in [1.165, 1.54) is 0 Å². The van der Waals surface area contributed by atoms with Crippen LogP contribution < -0.4 is 0 Å². The molecule has 0 bridgehead atoms. The van der Waals surface area contributed by atoms with E-state index in [-0.39, 0.29) is 18.4 Å². The number of amides is 1. The van der Waals surface area contributed by atoms with Gasteiger partial charge in [0, 0.05) is 33.1 Å². The lowest BCUT2D eigenvalue weighted by atomic mass is 10.1. The first-order valence-electron chi connectivity index (χ1n) is 6.62. The molecule has 0 aromatic carbocycles. The number of carboxylic acid groups (broad SMARTS) is 1.